The van der Waals surface area contributed by atoms with Gasteiger partial charge in [-0.25, -0.2) is 0 Å². The van der Waals surface area contributed by atoms with E-state index in [0.717, 1.165) is 69.6 Å². The van der Waals surface area contributed by atoms with Gasteiger partial charge in [0.05, 0.1) is 0 Å². The Morgan fingerprint density at radius 3 is 0.891 bits per heavy atom. The van der Waals surface area contributed by atoms with Crippen LogP contribution in [0.25, 0.3) is 0 Å². The molecular formula is C49H94O6. The van der Waals surface area contributed by atoms with Crippen molar-refractivity contribution in [1.29, 1.82) is 0 Å². The van der Waals surface area contributed by atoms with E-state index in [2.05, 4.69) is 34.6 Å². The summed E-state index contributed by atoms with van der Waals surface area (Å²) >= 11 is 0. The first-order valence-electron chi connectivity index (χ1n) is 24.2. The molecule has 0 amide bonds. The zero-order valence-electron chi connectivity index (χ0n) is 37.6. The zero-order chi connectivity index (χ0) is 40.5. The molecule has 0 saturated carbocycles. The fourth-order valence-electron chi connectivity index (χ4n) is 7.28. The molecule has 0 aromatic rings. The molecule has 0 unspecified atom stereocenters. The summed E-state index contributed by atoms with van der Waals surface area (Å²) in [6.07, 6.45) is 41.1. The monoisotopic (exact) mass is 779 g/mol. The van der Waals surface area contributed by atoms with Crippen molar-refractivity contribution in [3.8, 4) is 0 Å². The topological polar surface area (TPSA) is 78.9 Å². The van der Waals surface area contributed by atoms with Crippen LogP contribution in [0, 0.1) is 11.8 Å². The molecule has 1 atom stereocenters. The molecule has 0 aliphatic carbocycles. The van der Waals surface area contributed by atoms with Crippen molar-refractivity contribution < 1.29 is 28.6 Å². The maximum absolute atomic E-state index is 12.7. The van der Waals surface area contributed by atoms with Gasteiger partial charge in [-0.15, -0.1) is 0 Å². The third-order valence-electron chi connectivity index (χ3n) is 11.0. The van der Waals surface area contributed by atoms with Gasteiger partial charge in [0.25, 0.3) is 0 Å². The van der Waals surface area contributed by atoms with Crippen molar-refractivity contribution in [2.45, 2.75) is 272 Å². The number of esters is 3. The summed E-state index contributed by atoms with van der Waals surface area (Å²) in [5, 5.41) is 0. The summed E-state index contributed by atoms with van der Waals surface area (Å²) in [4.78, 5) is 37.6. The third kappa shape index (κ3) is 43.4. The number of carbonyl (C=O) groups excluding carboxylic acids is 3. The van der Waals surface area contributed by atoms with Crippen molar-refractivity contribution in [3.63, 3.8) is 0 Å². The highest BCUT2D eigenvalue weighted by molar-refractivity contribution is 5.71. The Bertz CT molecular complexity index is 839. The highest BCUT2D eigenvalue weighted by Gasteiger charge is 2.19. The molecule has 0 aliphatic rings. The van der Waals surface area contributed by atoms with E-state index < -0.39 is 6.10 Å². The van der Waals surface area contributed by atoms with Crippen LogP contribution in [0.1, 0.15) is 266 Å². The number of carbonyl (C=O) groups is 3. The van der Waals surface area contributed by atoms with Crippen LogP contribution < -0.4 is 0 Å². The Balaban J connectivity index is 4.19. The number of ether oxygens (including phenoxy) is 3. The molecule has 326 valence electrons. The molecule has 0 bridgehead atoms. The third-order valence-corrected chi connectivity index (χ3v) is 11.0. The van der Waals surface area contributed by atoms with E-state index >= 15 is 0 Å². The molecule has 55 heavy (non-hydrogen) atoms. The van der Waals surface area contributed by atoms with Crippen LogP contribution in [0.5, 0.6) is 0 Å². The molecule has 0 saturated heterocycles. The Morgan fingerprint density at radius 2 is 0.600 bits per heavy atom. The predicted octanol–water partition coefficient (Wildman–Crippen LogP) is 15.4. The van der Waals surface area contributed by atoms with E-state index in [0.29, 0.717) is 19.3 Å². The highest BCUT2D eigenvalue weighted by atomic mass is 16.6. The normalized spacial score (nSPS) is 12.1. The summed E-state index contributed by atoms with van der Waals surface area (Å²) in [5.74, 6) is 0.787. The second-order valence-corrected chi connectivity index (χ2v) is 17.7. The summed E-state index contributed by atoms with van der Waals surface area (Å²) in [6, 6.07) is 0. The smallest absolute Gasteiger partial charge is 0.306 e. The number of hydrogen-bond donors (Lipinski definition) is 0. The minimum atomic E-state index is -0.760. The molecule has 6 heteroatoms. The molecule has 6 nitrogen and oxygen atoms in total. The molecule has 0 rings (SSSR count). The van der Waals surface area contributed by atoms with Crippen LogP contribution in [0.2, 0.25) is 0 Å². The molecule has 0 spiro atoms. The Kier molecular flexibility index (Phi) is 40.8. The van der Waals surface area contributed by atoms with E-state index in [1.54, 1.807) is 0 Å². The van der Waals surface area contributed by atoms with Crippen molar-refractivity contribution >= 4 is 17.9 Å². The minimum Gasteiger partial charge on any atom is -0.462 e. The first-order valence-corrected chi connectivity index (χ1v) is 24.2. The Morgan fingerprint density at radius 1 is 0.345 bits per heavy atom. The lowest BCUT2D eigenvalue weighted by Gasteiger charge is -2.18. The Labute approximate surface area is 342 Å². The predicted molar refractivity (Wildman–Crippen MR) is 233 cm³/mol. The quantitative estimate of drug-likeness (QED) is 0.0348. The maximum atomic E-state index is 12.7. The van der Waals surface area contributed by atoms with Crippen LogP contribution in [-0.2, 0) is 28.6 Å². The number of hydrogen-bond acceptors (Lipinski definition) is 6. The largest absolute Gasteiger partial charge is 0.462 e. The van der Waals surface area contributed by atoms with Gasteiger partial charge in [0.1, 0.15) is 13.2 Å². The lowest BCUT2D eigenvalue weighted by molar-refractivity contribution is -0.167. The van der Waals surface area contributed by atoms with Crippen LogP contribution in [-0.4, -0.2) is 37.2 Å². The van der Waals surface area contributed by atoms with E-state index in [1.807, 2.05) is 0 Å². The molecule has 0 aromatic heterocycles. The van der Waals surface area contributed by atoms with Gasteiger partial charge < -0.3 is 14.2 Å². The van der Waals surface area contributed by atoms with Crippen molar-refractivity contribution in [3.05, 3.63) is 0 Å². The SMILES string of the molecule is CCCCCCCCCC(=O)OC[C@@H](COC(=O)CCCCCCCCCCC(C)C)OC(=O)CCCCCCCCCCCCCCCCCCC(C)C. The average molecular weight is 779 g/mol. The van der Waals surface area contributed by atoms with Gasteiger partial charge in [0.15, 0.2) is 6.10 Å². The summed E-state index contributed by atoms with van der Waals surface area (Å²) in [7, 11) is 0. The standard InChI is InChI=1S/C49H94O6/c1-6-7-8-9-22-29-34-39-47(50)53-42-46(43-54-48(51)40-35-30-25-21-20-24-28-33-38-45(4)5)55-49(52)41-36-31-26-19-17-15-13-11-10-12-14-16-18-23-27-32-37-44(2)3/h44-46H,6-43H2,1-5H3/t46-/m0/s1. The summed E-state index contributed by atoms with van der Waals surface area (Å²) in [5.41, 5.74) is 0. The van der Waals surface area contributed by atoms with Crippen molar-refractivity contribution in [2.75, 3.05) is 13.2 Å². The van der Waals surface area contributed by atoms with Gasteiger partial charge in [-0.1, -0.05) is 227 Å². The second kappa shape index (κ2) is 42.0. The average Bonchev–Trinajstić information content (AvgIpc) is 3.15. The zero-order valence-corrected chi connectivity index (χ0v) is 37.6. The molecule has 0 radical (unpaired) electrons. The van der Waals surface area contributed by atoms with Crippen molar-refractivity contribution in [2.24, 2.45) is 11.8 Å². The van der Waals surface area contributed by atoms with Gasteiger partial charge in [-0.3, -0.25) is 14.4 Å². The lowest BCUT2D eigenvalue weighted by Crippen LogP contribution is -2.30. The van der Waals surface area contributed by atoms with Crippen LogP contribution >= 0.6 is 0 Å². The van der Waals surface area contributed by atoms with E-state index in [4.69, 9.17) is 14.2 Å². The highest BCUT2D eigenvalue weighted by Crippen LogP contribution is 2.17. The van der Waals surface area contributed by atoms with E-state index in [9.17, 15) is 14.4 Å². The maximum Gasteiger partial charge on any atom is 0.306 e. The first-order chi connectivity index (χ1) is 26.7. The van der Waals surface area contributed by atoms with Crippen LogP contribution in [0.4, 0.5) is 0 Å². The van der Waals surface area contributed by atoms with E-state index in [1.165, 1.54) is 154 Å². The fourth-order valence-corrected chi connectivity index (χ4v) is 7.28. The van der Waals surface area contributed by atoms with Gasteiger partial charge in [-0.05, 0) is 31.1 Å². The van der Waals surface area contributed by atoms with E-state index in [-0.39, 0.29) is 31.1 Å². The Hall–Kier alpha value is -1.59. The number of unbranched alkanes of at least 4 members (excludes halogenated alkanes) is 28. The van der Waals surface area contributed by atoms with Gasteiger partial charge in [0.2, 0.25) is 0 Å². The molecule has 0 aliphatic heterocycles. The van der Waals surface area contributed by atoms with Crippen LogP contribution in [0.15, 0.2) is 0 Å². The second-order valence-electron chi connectivity index (χ2n) is 17.7. The number of rotatable bonds is 43. The van der Waals surface area contributed by atoms with Crippen LogP contribution in [0.3, 0.4) is 0 Å². The van der Waals surface area contributed by atoms with Gasteiger partial charge in [0, 0.05) is 19.3 Å². The summed E-state index contributed by atoms with van der Waals surface area (Å²) < 4.78 is 16.7. The van der Waals surface area contributed by atoms with Crippen molar-refractivity contribution in [1.82, 2.24) is 0 Å². The molecule has 0 fully saturated rings. The lowest BCUT2D eigenvalue weighted by atomic mass is 10.0. The molecule has 0 aromatic carbocycles. The fraction of sp³-hybridized carbons (Fsp3) is 0.939. The minimum absolute atomic E-state index is 0.0653. The molecule has 0 heterocycles. The first kappa shape index (κ1) is 53.4. The van der Waals surface area contributed by atoms with Gasteiger partial charge >= 0.3 is 17.9 Å². The summed E-state index contributed by atoms with van der Waals surface area (Å²) in [6.45, 7) is 11.3. The molecular weight excluding hydrogens is 685 g/mol. The molecule has 0 N–H and O–H groups in total. The van der Waals surface area contributed by atoms with Gasteiger partial charge in [-0.2, -0.15) is 0 Å².